The van der Waals surface area contributed by atoms with Crippen LogP contribution in [0.5, 0.6) is 0 Å². The van der Waals surface area contributed by atoms with Gasteiger partial charge in [0.25, 0.3) is 5.91 Å². The van der Waals surface area contributed by atoms with Gasteiger partial charge in [-0.25, -0.2) is 0 Å². The Morgan fingerprint density at radius 1 is 1.33 bits per heavy atom. The van der Waals surface area contributed by atoms with Gasteiger partial charge in [-0.3, -0.25) is 9.59 Å². The number of rotatable bonds is 2. The maximum absolute atomic E-state index is 12.3. The maximum atomic E-state index is 12.3. The number of nitrogens with one attached hydrogen (secondary N) is 1. The second kappa shape index (κ2) is 5.52. The van der Waals surface area contributed by atoms with Crippen LogP contribution in [-0.4, -0.2) is 36.3 Å². The summed E-state index contributed by atoms with van der Waals surface area (Å²) in [6.45, 7) is 0.646. The van der Waals surface area contributed by atoms with Crippen molar-refractivity contribution in [1.82, 2.24) is 10.2 Å². The van der Waals surface area contributed by atoms with E-state index in [1.807, 2.05) is 12.1 Å². The van der Waals surface area contributed by atoms with E-state index < -0.39 is 0 Å². The van der Waals surface area contributed by atoms with Crippen molar-refractivity contribution in [3.63, 3.8) is 0 Å². The summed E-state index contributed by atoms with van der Waals surface area (Å²) in [7, 11) is 1.60. The first-order valence-corrected chi connectivity index (χ1v) is 6.71. The fourth-order valence-corrected chi connectivity index (χ4v) is 2.47. The van der Waals surface area contributed by atoms with Crippen LogP contribution in [0, 0.1) is 0 Å². The SMILES string of the molecule is CNC(=O)[C@H]1CCCN1C(=O)c1ccc(Br)cc1. The van der Waals surface area contributed by atoms with Crippen LogP contribution < -0.4 is 5.32 Å². The molecule has 1 aliphatic rings. The molecule has 0 unspecified atom stereocenters. The van der Waals surface area contributed by atoms with Crippen LogP contribution in [0.25, 0.3) is 0 Å². The smallest absolute Gasteiger partial charge is 0.254 e. The van der Waals surface area contributed by atoms with E-state index in [1.165, 1.54) is 0 Å². The van der Waals surface area contributed by atoms with Crippen molar-refractivity contribution in [2.75, 3.05) is 13.6 Å². The number of likely N-dealkylation sites (tertiary alicyclic amines) is 1. The second-order valence-electron chi connectivity index (χ2n) is 4.28. The molecule has 1 fully saturated rings. The summed E-state index contributed by atoms with van der Waals surface area (Å²) >= 11 is 3.34. The number of hydrogen-bond donors (Lipinski definition) is 1. The van der Waals surface area contributed by atoms with Crippen LogP contribution in [-0.2, 0) is 4.79 Å². The fraction of sp³-hybridized carbons (Fsp3) is 0.385. The standard InChI is InChI=1S/C13H15BrN2O2/c1-15-12(17)11-3-2-8-16(11)13(18)9-4-6-10(14)7-5-9/h4-7,11H,2-3,8H2,1H3,(H,15,17)/t11-/m1/s1. The molecule has 0 aromatic heterocycles. The predicted molar refractivity (Wildman–Crippen MR) is 72.3 cm³/mol. The largest absolute Gasteiger partial charge is 0.357 e. The Morgan fingerprint density at radius 3 is 2.61 bits per heavy atom. The summed E-state index contributed by atoms with van der Waals surface area (Å²) < 4.78 is 0.934. The second-order valence-corrected chi connectivity index (χ2v) is 5.19. The number of amides is 2. The van der Waals surface area contributed by atoms with Gasteiger partial charge in [-0.1, -0.05) is 15.9 Å². The van der Waals surface area contributed by atoms with Gasteiger partial charge in [-0.05, 0) is 37.1 Å². The van der Waals surface area contributed by atoms with Crippen molar-refractivity contribution < 1.29 is 9.59 Å². The number of halogens is 1. The Bertz CT molecular complexity index is 459. The number of benzene rings is 1. The molecule has 0 radical (unpaired) electrons. The van der Waals surface area contributed by atoms with E-state index in [9.17, 15) is 9.59 Å². The van der Waals surface area contributed by atoms with Crippen LogP contribution in [0.3, 0.4) is 0 Å². The highest BCUT2D eigenvalue weighted by Gasteiger charge is 2.33. The van der Waals surface area contributed by atoms with Crippen molar-refractivity contribution >= 4 is 27.7 Å². The zero-order valence-electron chi connectivity index (χ0n) is 10.1. The number of carbonyl (C=O) groups excluding carboxylic acids is 2. The topological polar surface area (TPSA) is 49.4 Å². The molecule has 1 saturated heterocycles. The lowest BCUT2D eigenvalue weighted by Gasteiger charge is -2.23. The molecule has 1 atom stereocenters. The Balaban J connectivity index is 2.17. The summed E-state index contributed by atoms with van der Waals surface area (Å²) in [5, 5.41) is 2.61. The van der Waals surface area contributed by atoms with Crippen LogP contribution in [0.15, 0.2) is 28.7 Å². The zero-order chi connectivity index (χ0) is 13.1. The monoisotopic (exact) mass is 310 g/mol. The Hall–Kier alpha value is -1.36. The van der Waals surface area contributed by atoms with Gasteiger partial charge in [0.2, 0.25) is 5.91 Å². The summed E-state index contributed by atoms with van der Waals surface area (Å²) in [5.74, 6) is -0.161. The van der Waals surface area contributed by atoms with E-state index >= 15 is 0 Å². The van der Waals surface area contributed by atoms with Crippen LogP contribution >= 0.6 is 15.9 Å². The predicted octanol–water partition coefficient (Wildman–Crippen LogP) is 1.80. The van der Waals surface area contributed by atoms with E-state index in [0.29, 0.717) is 12.1 Å². The highest BCUT2D eigenvalue weighted by Crippen LogP contribution is 2.21. The van der Waals surface area contributed by atoms with Gasteiger partial charge in [0, 0.05) is 23.6 Å². The van der Waals surface area contributed by atoms with E-state index in [1.54, 1.807) is 24.1 Å². The minimum absolute atomic E-state index is 0.0754. The third kappa shape index (κ3) is 2.56. The minimum Gasteiger partial charge on any atom is -0.357 e. The Labute approximate surface area is 114 Å². The Kier molecular flexibility index (Phi) is 4.01. The quantitative estimate of drug-likeness (QED) is 0.905. The molecule has 4 nitrogen and oxygen atoms in total. The van der Waals surface area contributed by atoms with Crippen molar-refractivity contribution in [3.05, 3.63) is 34.3 Å². The molecule has 1 aromatic rings. The molecule has 0 saturated carbocycles. The van der Waals surface area contributed by atoms with Gasteiger partial charge in [-0.2, -0.15) is 0 Å². The highest BCUT2D eigenvalue weighted by atomic mass is 79.9. The molecule has 2 amide bonds. The van der Waals surface area contributed by atoms with E-state index in [0.717, 1.165) is 17.3 Å². The molecule has 5 heteroatoms. The van der Waals surface area contributed by atoms with E-state index in [4.69, 9.17) is 0 Å². The van der Waals surface area contributed by atoms with Crippen LogP contribution in [0.4, 0.5) is 0 Å². The highest BCUT2D eigenvalue weighted by molar-refractivity contribution is 9.10. The van der Waals surface area contributed by atoms with Gasteiger partial charge in [-0.15, -0.1) is 0 Å². The molecule has 1 aromatic carbocycles. The van der Waals surface area contributed by atoms with Gasteiger partial charge in [0.05, 0.1) is 0 Å². The lowest BCUT2D eigenvalue weighted by molar-refractivity contribution is -0.124. The molecule has 0 aliphatic carbocycles. The fourth-order valence-electron chi connectivity index (χ4n) is 2.21. The molecule has 18 heavy (non-hydrogen) atoms. The summed E-state index contributed by atoms with van der Waals surface area (Å²) in [4.78, 5) is 25.7. The zero-order valence-corrected chi connectivity index (χ0v) is 11.7. The number of hydrogen-bond acceptors (Lipinski definition) is 2. The van der Waals surface area contributed by atoms with Crippen molar-refractivity contribution in [1.29, 1.82) is 0 Å². The molecular formula is C13H15BrN2O2. The van der Waals surface area contributed by atoms with Crippen molar-refractivity contribution in [2.45, 2.75) is 18.9 Å². The van der Waals surface area contributed by atoms with Crippen molar-refractivity contribution in [2.24, 2.45) is 0 Å². The van der Waals surface area contributed by atoms with Gasteiger partial charge >= 0.3 is 0 Å². The molecule has 1 N–H and O–H groups in total. The van der Waals surface area contributed by atoms with Crippen LogP contribution in [0.2, 0.25) is 0 Å². The normalized spacial score (nSPS) is 18.8. The third-order valence-electron chi connectivity index (χ3n) is 3.15. The first-order chi connectivity index (χ1) is 8.63. The molecule has 96 valence electrons. The molecule has 0 spiro atoms. The average Bonchev–Trinajstić information content (AvgIpc) is 2.87. The van der Waals surface area contributed by atoms with Crippen molar-refractivity contribution in [3.8, 4) is 0 Å². The summed E-state index contributed by atoms with van der Waals surface area (Å²) in [5.41, 5.74) is 0.619. The summed E-state index contributed by atoms with van der Waals surface area (Å²) in [6, 6.07) is 6.87. The molecular weight excluding hydrogens is 296 g/mol. The third-order valence-corrected chi connectivity index (χ3v) is 3.68. The van der Waals surface area contributed by atoms with Gasteiger partial charge in [0.15, 0.2) is 0 Å². The Morgan fingerprint density at radius 2 is 2.00 bits per heavy atom. The molecule has 1 aliphatic heterocycles. The molecule has 0 bridgehead atoms. The summed E-state index contributed by atoms with van der Waals surface area (Å²) in [6.07, 6.45) is 1.61. The van der Waals surface area contributed by atoms with E-state index in [-0.39, 0.29) is 17.9 Å². The number of nitrogens with zero attached hydrogens (tertiary/aromatic N) is 1. The van der Waals surface area contributed by atoms with Gasteiger partial charge < -0.3 is 10.2 Å². The van der Waals surface area contributed by atoms with Crippen LogP contribution in [0.1, 0.15) is 23.2 Å². The molecule has 2 rings (SSSR count). The first kappa shape index (κ1) is 13.1. The van der Waals surface area contributed by atoms with E-state index in [2.05, 4.69) is 21.2 Å². The number of likely N-dealkylation sites (N-methyl/N-ethyl adjacent to an activating group) is 1. The maximum Gasteiger partial charge on any atom is 0.254 e. The lowest BCUT2D eigenvalue weighted by atomic mass is 10.1. The molecule has 1 heterocycles. The first-order valence-electron chi connectivity index (χ1n) is 5.91. The average molecular weight is 311 g/mol. The minimum atomic E-state index is -0.328. The lowest BCUT2D eigenvalue weighted by Crippen LogP contribution is -2.44. The number of carbonyl (C=O) groups is 2. The van der Waals surface area contributed by atoms with Gasteiger partial charge in [0.1, 0.15) is 6.04 Å².